The average Bonchev–Trinajstić information content (AvgIpc) is 3.84. The molecule has 2 aromatic rings. The lowest BCUT2D eigenvalue weighted by Crippen LogP contribution is -2.57. The molecule has 0 bridgehead atoms. The van der Waals surface area contributed by atoms with E-state index < -0.39 is 11.5 Å². The van der Waals surface area contributed by atoms with E-state index in [4.69, 9.17) is 10.5 Å². The summed E-state index contributed by atoms with van der Waals surface area (Å²) in [5.41, 5.74) is 10.4. The highest BCUT2D eigenvalue weighted by Gasteiger charge is 2.53. The number of nitrogens with zero attached hydrogens (tertiary/aromatic N) is 2. The Labute approximate surface area is 269 Å². The van der Waals surface area contributed by atoms with Crippen LogP contribution in [0.15, 0.2) is 77.0 Å². The van der Waals surface area contributed by atoms with Crippen molar-refractivity contribution in [1.82, 2.24) is 10.2 Å². The molecule has 1 saturated heterocycles. The van der Waals surface area contributed by atoms with E-state index in [1.165, 1.54) is 6.92 Å². The Morgan fingerprint density at radius 1 is 1.20 bits per heavy atom. The summed E-state index contributed by atoms with van der Waals surface area (Å²) in [5, 5.41) is 13.3. The van der Waals surface area contributed by atoms with Crippen molar-refractivity contribution in [3.05, 3.63) is 94.2 Å². The van der Waals surface area contributed by atoms with E-state index in [0.717, 1.165) is 24.0 Å². The number of hydrogen-bond acceptors (Lipinski definition) is 7. The second-order valence-electron chi connectivity index (χ2n) is 12.2. The maximum atomic E-state index is 13.8. The molecular weight excluding hydrogens is 580 g/mol. The number of Topliss-reactive ketones (excluding diaryl/α,β-unsaturated/α-hetero) is 1. The van der Waals surface area contributed by atoms with Gasteiger partial charge in [-0.3, -0.25) is 19.4 Å². The fourth-order valence-corrected chi connectivity index (χ4v) is 5.76. The number of carbonyl (C=O) groups excluding carboxylic acids is 3. The summed E-state index contributed by atoms with van der Waals surface area (Å²) in [6, 6.07) is 11.9. The molecule has 46 heavy (non-hydrogen) atoms. The van der Waals surface area contributed by atoms with Gasteiger partial charge in [0.1, 0.15) is 11.8 Å². The van der Waals surface area contributed by atoms with Gasteiger partial charge in [0.25, 0.3) is 0 Å². The van der Waals surface area contributed by atoms with Crippen molar-refractivity contribution in [2.45, 2.75) is 45.6 Å². The summed E-state index contributed by atoms with van der Waals surface area (Å²) in [7, 11) is 1.63. The minimum absolute atomic E-state index is 0.00604. The predicted octanol–water partition coefficient (Wildman–Crippen LogP) is 4.10. The highest BCUT2D eigenvalue weighted by atomic mass is 16.5. The molecule has 5 rings (SSSR count). The first-order valence-corrected chi connectivity index (χ1v) is 15.5. The van der Waals surface area contributed by atoms with Gasteiger partial charge in [-0.1, -0.05) is 59.9 Å². The molecule has 1 heterocycles. The van der Waals surface area contributed by atoms with Crippen LogP contribution < -0.4 is 11.1 Å². The first-order valence-electron chi connectivity index (χ1n) is 15.5. The lowest BCUT2D eigenvalue weighted by Gasteiger charge is -2.37. The van der Waals surface area contributed by atoms with Crippen LogP contribution in [0, 0.1) is 30.1 Å². The third kappa shape index (κ3) is 7.47. The molecule has 2 aliphatic carbocycles. The average molecular weight is 621 g/mol. The number of morpholine rings is 1. The first kappa shape index (κ1) is 32.5. The Morgan fingerprint density at radius 3 is 2.61 bits per heavy atom. The molecule has 2 unspecified atom stereocenters. The molecule has 9 nitrogen and oxygen atoms in total. The Bertz CT molecular complexity index is 1700. The molecule has 0 radical (unpaired) electrons. The number of aryl methyl sites for hydroxylation is 1. The molecule has 1 saturated carbocycles. The number of phenolic OH excluding ortho intramolecular Hbond substituents is 1. The Kier molecular flexibility index (Phi) is 9.88. The standard InChI is InChI=1S/C37H40N4O5/c1-24-4-15-33(43)31(20-24)34(38)29(22-39-3)12-5-26-8-13-30(14-9-26)40-35(44)32-23-46-19-18-41(32)36(45)37(16-17-37)21-27-6-10-28(11-7-27)25(2)42/h4,6-8,10-11,13-15,20,22,26,32,43H,9,16-19,21,23,38H2,1-3H3,(H,40,44). The van der Waals surface area contributed by atoms with Gasteiger partial charge in [0.15, 0.2) is 5.78 Å². The smallest absolute Gasteiger partial charge is 0.249 e. The van der Waals surface area contributed by atoms with E-state index >= 15 is 0 Å². The topological polar surface area (TPSA) is 134 Å². The van der Waals surface area contributed by atoms with Gasteiger partial charge < -0.3 is 25.8 Å². The molecule has 2 fully saturated rings. The van der Waals surface area contributed by atoms with Crippen LogP contribution in [0.1, 0.15) is 53.2 Å². The highest BCUT2D eigenvalue weighted by molar-refractivity contribution is 5.96. The van der Waals surface area contributed by atoms with Gasteiger partial charge in [-0.2, -0.15) is 0 Å². The molecular formula is C37H40N4O5. The van der Waals surface area contributed by atoms with E-state index in [2.05, 4.69) is 22.2 Å². The lowest BCUT2D eigenvalue weighted by atomic mass is 9.93. The van der Waals surface area contributed by atoms with Crippen molar-refractivity contribution < 1.29 is 24.2 Å². The van der Waals surface area contributed by atoms with Crippen LogP contribution in [0.2, 0.25) is 0 Å². The van der Waals surface area contributed by atoms with Crippen molar-refractivity contribution in [3.63, 3.8) is 0 Å². The van der Waals surface area contributed by atoms with Gasteiger partial charge in [0.2, 0.25) is 11.8 Å². The van der Waals surface area contributed by atoms with Gasteiger partial charge in [0.05, 0.1) is 29.9 Å². The molecule has 238 valence electrons. The zero-order chi connectivity index (χ0) is 32.8. The van der Waals surface area contributed by atoms with Crippen molar-refractivity contribution in [2.75, 3.05) is 26.8 Å². The normalized spacial score (nSPS) is 20.7. The quantitative estimate of drug-likeness (QED) is 0.231. The van der Waals surface area contributed by atoms with Gasteiger partial charge in [-0.15, -0.1) is 0 Å². The van der Waals surface area contributed by atoms with Crippen molar-refractivity contribution >= 4 is 29.5 Å². The van der Waals surface area contributed by atoms with Crippen LogP contribution >= 0.6 is 0 Å². The van der Waals surface area contributed by atoms with Crippen LogP contribution in [0.5, 0.6) is 5.75 Å². The predicted molar refractivity (Wildman–Crippen MR) is 178 cm³/mol. The van der Waals surface area contributed by atoms with Gasteiger partial charge in [0, 0.05) is 42.5 Å². The van der Waals surface area contributed by atoms with Crippen molar-refractivity contribution in [2.24, 2.45) is 22.1 Å². The number of aromatic hydroxyl groups is 1. The number of phenols is 1. The number of aliphatic imine (C=N–C) groups is 1. The minimum Gasteiger partial charge on any atom is -0.507 e. The van der Waals surface area contributed by atoms with Gasteiger partial charge in [-0.25, -0.2) is 0 Å². The summed E-state index contributed by atoms with van der Waals surface area (Å²) < 4.78 is 5.63. The number of carbonyl (C=O) groups is 3. The summed E-state index contributed by atoms with van der Waals surface area (Å²) in [4.78, 5) is 44.7. The minimum atomic E-state index is -0.729. The van der Waals surface area contributed by atoms with Crippen LogP contribution in [0.3, 0.4) is 0 Å². The van der Waals surface area contributed by atoms with Crippen LogP contribution in [0.25, 0.3) is 5.70 Å². The molecule has 2 atom stereocenters. The molecule has 4 N–H and O–H groups in total. The first-order chi connectivity index (χ1) is 22.1. The number of allylic oxidation sites excluding steroid dienone is 4. The molecule has 2 aromatic carbocycles. The largest absolute Gasteiger partial charge is 0.507 e. The SMILES string of the molecule is CN=CC(C#CC1C=CC(NC(=O)C2COCCN2C(=O)C2(Cc3ccc(C(C)=O)cc3)CC2)=CC1)=C(N)c1cc(C)ccc1O. The molecule has 2 amide bonds. The number of nitrogens with two attached hydrogens (primary N) is 1. The zero-order valence-corrected chi connectivity index (χ0v) is 26.5. The molecule has 3 aliphatic rings. The third-order valence-corrected chi connectivity index (χ3v) is 8.65. The number of amides is 2. The van der Waals surface area contributed by atoms with Crippen molar-refractivity contribution in [3.8, 4) is 17.6 Å². The van der Waals surface area contributed by atoms with E-state index in [1.54, 1.807) is 48.5 Å². The summed E-state index contributed by atoms with van der Waals surface area (Å²) in [6.07, 6.45) is 9.89. The highest BCUT2D eigenvalue weighted by Crippen LogP contribution is 2.50. The van der Waals surface area contributed by atoms with E-state index in [-0.39, 0.29) is 35.9 Å². The monoisotopic (exact) mass is 620 g/mol. The van der Waals surface area contributed by atoms with E-state index in [0.29, 0.717) is 54.1 Å². The van der Waals surface area contributed by atoms with Crippen LogP contribution in [-0.4, -0.2) is 66.7 Å². The second kappa shape index (κ2) is 14.0. The maximum Gasteiger partial charge on any atom is 0.249 e. The summed E-state index contributed by atoms with van der Waals surface area (Å²) >= 11 is 0. The fourth-order valence-electron chi connectivity index (χ4n) is 5.76. The van der Waals surface area contributed by atoms with Crippen molar-refractivity contribution in [1.29, 1.82) is 0 Å². The lowest BCUT2D eigenvalue weighted by molar-refractivity contribution is -0.152. The van der Waals surface area contributed by atoms with E-state index in [1.807, 2.05) is 37.3 Å². The van der Waals surface area contributed by atoms with Crippen LogP contribution in [-0.2, 0) is 20.7 Å². The molecule has 0 spiro atoms. The Balaban J connectivity index is 1.22. The molecule has 0 aromatic heterocycles. The number of ether oxygens (including phenoxy) is 1. The Hall–Kier alpha value is -4.94. The number of benzene rings is 2. The summed E-state index contributed by atoms with van der Waals surface area (Å²) in [5.74, 6) is 5.97. The number of nitrogens with one attached hydrogen (secondary N) is 1. The number of rotatable bonds is 8. The molecule has 1 aliphatic heterocycles. The second-order valence-corrected chi connectivity index (χ2v) is 12.2. The van der Waals surface area contributed by atoms with Gasteiger partial charge in [-0.05, 0) is 63.3 Å². The Morgan fingerprint density at radius 2 is 1.96 bits per heavy atom. The fraction of sp³-hybridized carbons (Fsp3) is 0.351. The maximum absolute atomic E-state index is 13.8. The van der Waals surface area contributed by atoms with Crippen LogP contribution in [0.4, 0.5) is 0 Å². The number of hydrogen-bond donors (Lipinski definition) is 3. The van der Waals surface area contributed by atoms with Gasteiger partial charge >= 0.3 is 0 Å². The molecule has 9 heteroatoms. The number of ketones is 1. The third-order valence-electron chi connectivity index (χ3n) is 8.65. The summed E-state index contributed by atoms with van der Waals surface area (Å²) in [6.45, 7) is 4.33. The van der Waals surface area contributed by atoms with E-state index in [9.17, 15) is 19.5 Å². The zero-order valence-electron chi connectivity index (χ0n) is 26.5.